The molecular weight excluding hydrogens is 840 g/mol. The molecule has 0 saturated heterocycles. The molecule has 16 rings (SSSR count). The molecule has 0 N–H and O–H groups in total. The molecule has 0 saturated carbocycles. The fourth-order valence-corrected chi connectivity index (χ4v) is 12.8. The van der Waals surface area contributed by atoms with Crippen LogP contribution in [0, 0.1) is 6.92 Å². The van der Waals surface area contributed by atoms with E-state index < -0.39 is 0 Å². The van der Waals surface area contributed by atoms with Crippen molar-refractivity contribution in [3.8, 4) is 22.9 Å². The summed E-state index contributed by atoms with van der Waals surface area (Å²) in [7, 11) is 0. The SMILES string of the molecule is Cc1cc(-n2c3ccccc3c3ccccc32)cc2c1B1c3c(cccc3-n3c4ccc(N5c6ccccc6Cc6ccccc65)cc4c4cc(N5c6ccccc6Cc6ccccc65)cc1c43)O2. The zero-order valence-electron chi connectivity index (χ0n) is 37.8. The van der Waals surface area contributed by atoms with Crippen LogP contribution in [0.3, 0.4) is 0 Å². The van der Waals surface area contributed by atoms with E-state index in [9.17, 15) is 0 Å². The third kappa shape index (κ3) is 5.05. The maximum Gasteiger partial charge on any atom is 0.256 e. The minimum absolute atomic E-state index is 0.0815. The molecule has 4 aliphatic rings. The Morgan fingerprint density at radius 1 is 0.377 bits per heavy atom. The van der Waals surface area contributed by atoms with E-state index in [1.54, 1.807) is 0 Å². The largest absolute Gasteiger partial charge is 0.458 e. The topological polar surface area (TPSA) is 25.6 Å². The van der Waals surface area contributed by atoms with Gasteiger partial charge in [-0.15, -0.1) is 0 Å². The van der Waals surface area contributed by atoms with Crippen LogP contribution in [-0.4, -0.2) is 15.8 Å². The van der Waals surface area contributed by atoms with Crippen LogP contribution in [0.15, 0.2) is 206 Å². The van der Waals surface area contributed by atoms with Crippen LogP contribution in [0.25, 0.3) is 55.0 Å². The molecule has 4 aliphatic heterocycles. The Hall–Kier alpha value is -8.74. The molecule has 2 aromatic heterocycles. The quantitative estimate of drug-likeness (QED) is 0.165. The van der Waals surface area contributed by atoms with Crippen molar-refractivity contribution < 1.29 is 4.74 Å². The summed E-state index contributed by atoms with van der Waals surface area (Å²) < 4.78 is 12.2. The van der Waals surface area contributed by atoms with Crippen LogP contribution < -0.4 is 30.9 Å². The van der Waals surface area contributed by atoms with Crippen LogP contribution in [0.1, 0.15) is 27.8 Å². The van der Waals surface area contributed by atoms with Crippen LogP contribution in [0.5, 0.6) is 11.5 Å². The molecule has 0 bridgehead atoms. The molecule has 322 valence electrons. The number of hydrogen-bond acceptors (Lipinski definition) is 3. The van der Waals surface area contributed by atoms with Gasteiger partial charge in [-0.25, -0.2) is 0 Å². The molecule has 0 aliphatic carbocycles. The normalized spacial score (nSPS) is 13.8. The molecule has 12 aromatic rings. The molecule has 5 nitrogen and oxygen atoms in total. The van der Waals surface area contributed by atoms with Gasteiger partial charge in [-0.2, -0.15) is 0 Å². The minimum Gasteiger partial charge on any atom is -0.458 e. The number of fused-ring (bicyclic) bond motifs is 14. The molecule has 0 unspecified atom stereocenters. The van der Waals surface area contributed by atoms with Crippen molar-refractivity contribution in [1.82, 2.24) is 9.13 Å². The minimum atomic E-state index is -0.0815. The second kappa shape index (κ2) is 13.7. The Morgan fingerprint density at radius 3 is 1.52 bits per heavy atom. The Kier molecular flexibility index (Phi) is 7.41. The van der Waals surface area contributed by atoms with Gasteiger partial charge in [-0.1, -0.05) is 121 Å². The smallest absolute Gasteiger partial charge is 0.256 e. The summed E-state index contributed by atoms with van der Waals surface area (Å²) in [5.41, 5.74) is 24.5. The van der Waals surface area contributed by atoms with E-state index in [1.165, 1.54) is 116 Å². The van der Waals surface area contributed by atoms with E-state index in [0.29, 0.717) is 0 Å². The summed E-state index contributed by atoms with van der Waals surface area (Å²) in [5, 5.41) is 4.95. The highest BCUT2D eigenvalue weighted by Crippen LogP contribution is 2.49. The number of anilines is 6. The third-order valence-corrected chi connectivity index (χ3v) is 15.6. The zero-order valence-corrected chi connectivity index (χ0v) is 37.8. The number of hydrogen-bond donors (Lipinski definition) is 0. The van der Waals surface area contributed by atoms with Crippen molar-refractivity contribution in [2.24, 2.45) is 0 Å². The summed E-state index contributed by atoms with van der Waals surface area (Å²) >= 11 is 0. The summed E-state index contributed by atoms with van der Waals surface area (Å²) in [6.07, 6.45) is 1.82. The summed E-state index contributed by atoms with van der Waals surface area (Å²) in [6, 6.07) is 76.7. The lowest BCUT2D eigenvalue weighted by atomic mass is 9.34. The molecule has 0 atom stereocenters. The van der Waals surface area contributed by atoms with Crippen molar-refractivity contribution in [3.63, 3.8) is 0 Å². The first kappa shape index (κ1) is 37.4. The fraction of sp³-hybridized carbons (Fsp3) is 0.0476. The van der Waals surface area contributed by atoms with Gasteiger partial charge >= 0.3 is 0 Å². The highest BCUT2D eigenvalue weighted by atomic mass is 16.5. The van der Waals surface area contributed by atoms with Gasteiger partial charge < -0.3 is 23.7 Å². The molecule has 0 radical (unpaired) electrons. The number of benzene rings is 10. The molecule has 10 aromatic carbocycles. The Bertz CT molecular complexity index is 4090. The fourth-order valence-electron chi connectivity index (χ4n) is 12.8. The van der Waals surface area contributed by atoms with Crippen LogP contribution in [0.2, 0.25) is 0 Å². The maximum absolute atomic E-state index is 7.23. The molecule has 6 heterocycles. The second-order valence-corrected chi connectivity index (χ2v) is 19.3. The lowest BCUT2D eigenvalue weighted by molar-refractivity contribution is 0.486. The van der Waals surface area contributed by atoms with Gasteiger partial charge in [-0.3, -0.25) is 0 Å². The van der Waals surface area contributed by atoms with Gasteiger partial charge in [0.2, 0.25) is 0 Å². The number of ether oxygens (including phenoxy) is 1. The van der Waals surface area contributed by atoms with Crippen LogP contribution in [-0.2, 0) is 12.8 Å². The first-order valence-corrected chi connectivity index (χ1v) is 24.1. The predicted octanol–water partition coefficient (Wildman–Crippen LogP) is 13.9. The number of rotatable bonds is 3. The molecule has 69 heavy (non-hydrogen) atoms. The van der Waals surface area contributed by atoms with Gasteiger partial charge in [0.15, 0.2) is 0 Å². The monoisotopic (exact) mass is 880 g/mol. The van der Waals surface area contributed by atoms with E-state index in [2.05, 4.69) is 232 Å². The number of aryl methyl sites for hydroxylation is 1. The zero-order chi connectivity index (χ0) is 45.1. The van der Waals surface area contributed by atoms with E-state index in [4.69, 9.17) is 4.74 Å². The highest BCUT2D eigenvalue weighted by molar-refractivity contribution is 6.99. The molecule has 0 spiro atoms. The first-order chi connectivity index (χ1) is 34.1. The maximum atomic E-state index is 7.23. The summed E-state index contributed by atoms with van der Waals surface area (Å²) in [4.78, 5) is 5.00. The lowest BCUT2D eigenvalue weighted by Gasteiger charge is -2.36. The van der Waals surface area contributed by atoms with Gasteiger partial charge in [0.25, 0.3) is 6.71 Å². The number of para-hydroxylation sites is 6. The molecule has 0 fully saturated rings. The van der Waals surface area contributed by atoms with Crippen molar-refractivity contribution >= 4 is 101 Å². The summed E-state index contributed by atoms with van der Waals surface area (Å²) in [6.45, 7) is 2.21. The number of nitrogens with zero attached hydrogens (tertiary/aromatic N) is 4. The first-order valence-electron chi connectivity index (χ1n) is 24.1. The lowest BCUT2D eigenvalue weighted by Crippen LogP contribution is -2.59. The van der Waals surface area contributed by atoms with Gasteiger partial charge in [0.1, 0.15) is 11.5 Å². The Balaban J connectivity index is 0.990. The second-order valence-electron chi connectivity index (χ2n) is 19.3. The van der Waals surface area contributed by atoms with Crippen LogP contribution >= 0.6 is 0 Å². The average Bonchev–Trinajstić information content (AvgIpc) is 3.91. The van der Waals surface area contributed by atoms with Crippen molar-refractivity contribution in [2.45, 2.75) is 19.8 Å². The van der Waals surface area contributed by atoms with Gasteiger partial charge in [0, 0.05) is 85.8 Å². The molecular formula is C63H41BN4O. The standard InChI is InChI=1S/C63H41BN4O/c1-38-31-44(67-55-25-12-6-19-46(55)47-20-7-13-26-56(47)67)37-60-61(38)64-50-36-45(66-53-23-10-4-17-41(53)33-42-18-5-11-24-54(42)66)35-49-48-34-43(65-51-21-8-2-15-39(51)32-40-16-3-9-22-52(40)65)29-30-57(48)68(63(49)50)58-27-14-28-59(69-60)62(58)64/h2-31,34-37H,32-33H2,1H3. The van der Waals surface area contributed by atoms with E-state index in [-0.39, 0.29) is 6.71 Å². The van der Waals surface area contributed by atoms with E-state index in [0.717, 1.165) is 41.4 Å². The van der Waals surface area contributed by atoms with E-state index >= 15 is 0 Å². The van der Waals surface area contributed by atoms with Crippen molar-refractivity contribution in [1.29, 1.82) is 0 Å². The van der Waals surface area contributed by atoms with E-state index in [1.807, 2.05) is 0 Å². The average molecular weight is 881 g/mol. The predicted molar refractivity (Wildman–Crippen MR) is 286 cm³/mol. The number of aromatic nitrogens is 2. The molecule has 0 amide bonds. The Labute approximate surface area is 399 Å². The highest BCUT2D eigenvalue weighted by Gasteiger charge is 2.42. The Morgan fingerprint density at radius 2 is 0.899 bits per heavy atom. The van der Waals surface area contributed by atoms with Crippen molar-refractivity contribution in [3.05, 3.63) is 234 Å². The summed E-state index contributed by atoms with van der Waals surface area (Å²) in [5.74, 6) is 1.81. The van der Waals surface area contributed by atoms with Crippen molar-refractivity contribution in [2.75, 3.05) is 9.80 Å². The van der Waals surface area contributed by atoms with Crippen LogP contribution in [0.4, 0.5) is 34.1 Å². The van der Waals surface area contributed by atoms with Gasteiger partial charge in [-0.05, 0) is 130 Å². The molecule has 6 heteroatoms. The third-order valence-electron chi connectivity index (χ3n) is 15.6. The van der Waals surface area contributed by atoms with Gasteiger partial charge in [0.05, 0.1) is 22.2 Å².